The summed E-state index contributed by atoms with van der Waals surface area (Å²) in [4.78, 5) is 2.44. The number of rotatable bonds is 8. The van der Waals surface area contributed by atoms with Crippen molar-refractivity contribution in [3.05, 3.63) is 63.6 Å². The van der Waals surface area contributed by atoms with Gasteiger partial charge in [0.05, 0.1) is 13.2 Å². The maximum atomic E-state index is 6.08. The number of morpholine rings is 1. The Morgan fingerprint density at radius 1 is 1.07 bits per heavy atom. The SMILES string of the molecule is Cc1ccc(COc2ccc(Br)cc2CNCCN2CCOCC2)cc1.Cl.Cl. The van der Waals surface area contributed by atoms with Crippen LogP contribution in [0.15, 0.2) is 46.9 Å². The predicted molar refractivity (Wildman–Crippen MR) is 123 cm³/mol. The lowest BCUT2D eigenvalue weighted by Crippen LogP contribution is -2.40. The van der Waals surface area contributed by atoms with E-state index in [0.29, 0.717) is 6.61 Å². The van der Waals surface area contributed by atoms with Crippen molar-refractivity contribution in [1.82, 2.24) is 10.2 Å². The lowest BCUT2D eigenvalue weighted by atomic mass is 10.1. The van der Waals surface area contributed by atoms with E-state index in [4.69, 9.17) is 9.47 Å². The van der Waals surface area contributed by atoms with E-state index in [1.807, 2.05) is 12.1 Å². The molecule has 1 heterocycles. The Balaban J connectivity index is 0.00000196. The second-order valence-electron chi connectivity index (χ2n) is 6.66. The van der Waals surface area contributed by atoms with E-state index in [9.17, 15) is 0 Å². The highest BCUT2D eigenvalue weighted by atomic mass is 79.9. The minimum absolute atomic E-state index is 0. The third kappa shape index (κ3) is 8.27. The van der Waals surface area contributed by atoms with Gasteiger partial charge >= 0.3 is 0 Å². The molecule has 0 spiro atoms. The molecule has 0 aromatic heterocycles. The summed E-state index contributed by atoms with van der Waals surface area (Å²) < 4.78 is 12.5. The molecule has 7 heteroatoms. The average molecular weight is 492 g/mol. The molecule has 0 saturated carbocycles. The van der Waals surface area contributed by atoms with Gasteiger partial charge in [-0.3, -0.25) is 4.90 Å². The third-order valence-corrected chi connectivity index (χ3v) is 5.05. The fourth-order valence-electron chi connectivity index (χ4n) is 2.96. The summed E-state index contributed by atoms with van der Waals surface area (Å²) in [5.41, 5.74) is 3.63. The van der Waals surface area contributed by atoms with Crippen molar-refractivity contribution in [2.24, 2.45) is 0 Å². The van der Waals surface area contributed by atoms with E-state index in [1.165, 1.54) is 16.7 Å². The van der Waals surface area contributed by atoms with Gasteiger partial charge in [0, 0.05) is 42.8 Å². The normalized spacial score (nSPS) is 14.1. The zero-order chi connectivity index (χ0) is 18.2. The van der Waals surface area contributed by atoms with Crippen LogP contribution in [-0.4, -0.2) is 44.3 Å². The molecular weight excluding hydrogens is 463 g/mol. The maximum absolute atomic E-state index is 6.08. The summed E-state index contributed by atoms with van der Waals surface area (Å²) in [6, 6.07) is 14.7. The number of nitrogens with zero attached hydrogens (tertiary/aromatic N) is 1. The van der Waals surface area contributed by atoms with Gasteiger partial charge in [-0.05, 0) is 30.7 Å². The lowest BCUT2D eigenvalue weighted by Gasteiger charge is -2.26. The summed E-state index contributed by atoms with van der Waals surface area (Å²) in [6.45, 7) is 9.26. The Labute approximate surface area is 188 Å². The molecule has 2 aromatic rings. The van der Waals surface area contributed by atoms with Gasteiger partial charge < -0.3 is 14.8 Å². The van der Waals surface area contributed by atoms with Gasteiger partial charge in [-0.25, -0.2) is 0 Å². The Kier molecular flexibility index (Phi) is 12.1. The number of nitrogens with one attached hydrogen (secondary N) is 1. The van der Waals surface area contributed by atoms with Gasteiger partial charge in [-0.15, -0.1) is 24.8 Å². The van der Waals surface area contributed by atoms with Crippen molar-refractivity contribution in [2.75, 3.05) is 39.4 Å². The van der Waals surface area contributed by atoms with E-state index in [1.54, 1.807) is 0 Å². The molecule has 4 nitrogen and oxygen atoms in total. The Morgan fingerprint density at radius 2 is 1.79 bits per heavy atom. The first-order chi connectivity index (χ1) is 12.7. The van der Waals surface area contributed by atoms with Crippen LogP contribution in [0.2, 0.25) is 0 Å². The molecule has 0 radical (unpaired) electrons. The highest BCUT2D eigenvalue weighted by Crippen LogP contribution is 2.24. The van der Waals surface area contributed by atoms with Crippen molar-refractivity contribution in [3.63, 3.8) is 0 Å². The molecule has 0 bridgehead atoms. The molecule has 0 amide bonds. The van der Waals surface area contributed by atoms with Crippen molar-refractivity contribution in [3.8, 4) is 5.75 Å². The van der Waals surface area contributed by atoms with Crippen LogP contribution in [-0.2, 0) is 17.9 Å². The summed E-state index contributed by atoms with van der Waals surface area (Å²) in [5.74, 6) is 0.938. The van der Waals surface area contributed by atoms with Gasteiger partial charge in [0.2, 0.25) is 0 Å². The fourth-order valence-corrected chi connectivity index (χ4v) is 3.37. The van der Waals surface area contributed by atoms with Gasteiger partial charge in [0.25, 0.3) is 0 Å². The average Bonchev–Trinajstić information content (AvgIpc) is 2.67. The van der Waals surface area contributed by atoms with Crippen LogP contribution in [0.25, 0.3) is 0 Å². The molecule has 2 aromatic carbocycles. The largest absolute Gasteiger partial charge is 0.489 e. The van der Waals surface area contributed by atoms with Crippen LogP contribution in [0.1, 0.15) is 16.7 Å². The second-order valence-corrected chi connectivity index (χ2v) is 7.57. The molecule has 1 aliphatic heterocycles. The predicted octanol–water partition coefficient (Wildman–Crippen LogP) is 4.60. The molecule has 1 aliphatic rings. The number of ether oxygens (including phenoxy) is 2. The monoisotopic (exact) mass is 490 g/mol. The van der Waals surface area contributed by atoms with E-state index < -0.39 is 0 Å². The minimum atomic E-state index is 0. The molecule has 1 fully saturated rings. The van der Waals surface area contributed by atoms with E-state index in [0.717, 1.165) is 56.2 Å². The van der Waals surface area contributed by atoms with Crippen LogP contribution in [0.5, 0.6) is 5.75 Å². The van der Waals surface area contributed by atoms with Crippen molar-refractivity contribution in [1.29, 1.82) is 0 Å². The molecule has 156 valence electrons. The van der Waals surface area contributed by atoms with Crippen molar-refractivity contribution in [2.45, 2.75) is 20.1 Å². The highest BCUT2D eigenvalue weighted by molar-refractivity contribution is 9.10. The number of hydrogen-bond donors (Lipinski definition) is 1. The molecular formula is C21H29BrCl2N2O2. The van der Waals surface area contributed by atoms with Gasteiger partial charge in [0.15, 0.2) is 0 Å². The van der Waals surface area contributed by atoms with Crippen molar-refractivity contribution >= 4 is 40.7 Å². The number of halogens is 3. The molecule has 0 aliphatic carbocycles. The maximum Gasteiger partial charge on any atom is 0.124 e. The molecule has 1 saturated heterocycles. The number of benzene rings is 2. The first-order valence-corrected chi connectivity index (χ1v) is 9.97. The van der Waals surface area contributed by atoms with Crippen molar-refractivity contribution < 1.29 is 9.47 Å². The quantitative estimate of drug-likeness (QED) is 0.547. The summed E-state index contributed by atoms with van der Waals surface area (Å²) in [5, 5.41) is 3.54. The second kappa shape index (κ2) is 13.4. The van der Waals surface area contributed by atoms with Crippen LogP contribution < -0.4 is 10.1 Å². The Hall–Kier alpha value is -0.820. The summed E-state index contributed by atoms with van der Waals surface area (Å²) in [6.07, 6.45) is 0. The number of hydrogen-bond acceptors (Lipinski definition) is 4. The van der Waals surface area contributed by atoms with Crippen LogP contribution in [0, 0.1) is 6.92 Å². The Bertz CT molecular complexity index is 695. The molecule has 0 atom stereocenters. The first kappa shape index (κ1) is 25.2. The summed E-state index contributed by atoms with van der Waals surface area (Å²) in [7, 11) is 0. The zero-order valence-electron chi connectivity index (χ0n) is 16.2. The Morgan fingerprint density at radius 3 is 2.50 bits per heavy atom. The van der Waals surface area contributed by atoms with Gasteiger partial charge in [0.1, 0.15) is 12.4 Å². The molecule has 3 rings (SSSR count). The minimum Gasteiger partial charge on any atom is -0.489 e. The topological polar surface area (TPSA) is 33.7 Å². The first-order valence-electron chi connectivity index (χ1n) is 9.18. The van der Waals surface area contributed by atoms with E-state index >= 15 is 0 Å². The molecule has 28 heavy (non-hydrogen) atoms. The third-order valence-electron chi connectivity index (χ3n) is 4.56. The van der Waals surface area contributed by atoms with E-state index in [-0.39, 0.29) is 24.8 Å². The smallest absolute Gasteiger partial charge is 0.124 e. The molecule has 0 unspecified atom stereocenters. The van der Waals surface area contributed by atoms with Gasteiger partial charge in [-0.1, -0.05) is 45.8 Å². The van der Waals surface area contributed by atoms with Crippen LogP contribution in [0.3, 0.4) is 0 Å². The van der Waals surface area contributed by atoms with Crippen LogP contribution in [0.4, 0.5) is 0 Å². The number of aryl methyl sites for hydroxylation is 1. The van der Waals surface area contributed by atoms with Gasteiger partial charge in [-0.2, -0.15) is 0 Å². The van der Waals surface area contributed by atoms with Crippen LogP contribution >= 0.6 is 40.7 Å². The van der Waals surface area contributed by atoms with E-state index in [2.05, 4.69) is 63.4 Å². The standard InChI is InChI=1S/C21H27BrN2O2.2ClH/c1-17-2-4-18(5-3-17)16-26-21-7-6-20(22)14-19(21)15-23-8-9-24-10-12-25-13-11-24;;/h2-7,14,23H,8-13,15-16H2,1H3;2*1H. The summed E-state index contributed by atoms with van der Waals surface area (Å²) >= 11 is 3.57. The molecule has 1 N–H and O–H groups in total. The lowest BCUT2D eigenvalue weighted by molar-refractivity contribution is 0.0384. The zero-order valence-corrected chi connectivity index (χ0v) is 19.4. The fraction of sp³-hybridized carbons (Fsp3) is 0.429. The highest BCUT2D eigenvalue weighted by Gasteiger charge is 2.10.